The minimum atomic E-state index is -0.755. The Kier molecular flexibility index (Phi) is 4.84. The smallest absolute Gasteiger partial charge is 0.442 e. The molecule has 0 aliphatic heterocycles. The summed E-state index contributed by atoms with van der Waals surface area (Å²) in [5, 5.41) is 6.36. The molecule has 0 spiro atoms. The van der Waals surface area contributed by atoms with Gasteiger partial charge in [0, 0.05) is 24.5 Å². The number of carbonyl (C=O) groups excluding carboxylic acids is 1. The van der Waals surface area contributed by atoms with Crippen LogP contribution in [0.25, 0.3) is 11.6 Å². The Labute approximate surface area is 142 Å². The maximum absolute atomic E-state index is 12.2. The average molecular weight is 341 g/mol. The Morgan fingerprint density at radius 2 is 2.00 bits per heavy atom. The monoisotopic (exact) mass is 341 g/mol. The molecular formula is C16H15N5O4. The molecule has 3 aromatic rings. The van der Waals surface area contributed by atoms with Crippen molar-refractivity contribution in [2.24, 2.45) is 0 Å². The third-order valence-corrected chi connectivity index (χ3v) is 3.42. The number of hydrogen-bond acceptors (Lipinski definition) is 7. The lowest BCUT2D eigenvalue weighted by Gasteiger charge is -2.09. The van der Waals surface area contributed by atoms with E-state index < -0.39 is 5.76 Å². The van der Waals surface area contributed by atoms with Crippen LogP contribution in [-0.4, -0.2) is 32.7 Å². The molecular weight excluding hydrogens is 326 g/mol. The summed E-state index contributed by atoms with van der Waals surface area (Å²) in [6.45, 7) is 0.00508. The molecule has 1 amide bonds. The van der Waals surface area contributed by atoms with Gasteiger partial charge in [0.25, 0.3) is 0 Å². The lowest BCUT2D eigenvalue weighted by Crippen LogP contribution is -2.31. The molecule has 1 N–H and O–H groups in total. The van der Waals surface area contributed by atoms with Crippen molar-refractivity contribution in [1.29, 1.82) is 0 Å². The van der Waals surface area contributed by atoms with E-state index in [2.05, 4.69) is 25.0 Å². The van der Waals surface area contributed by atoms with Gasteiger partial charge >= 0.3 is 5.76 Å². The van der Waals surface area contributed by atoms with Gasteiger partial charge in [0.1, 0.15) is 12.3 Å². The van der Waals surface area contributed by atoms with Crippen molar-refractivity contribution >= 4 is 5.91 Å². The van der Waals surface area contributed by atoms with Crippen molar-refractivity contribution in [3.63, 3.8) is 0 Å². The number of ether oxygens (including phenoxy) is 1. The van der Waals surface area contributed by atoms with Gasteiger partial charge in [-0.25, -0.2) is 19.3 Å². The molecule has 1 aromatic carbocycles. The van der Waals surface area contributed by atoms with Crippen molar-refractivity contribution in [1.82, 2.24) is 25.0 Å². The van der Waals surface area contributed by atoms with Crippen LogP contribution in [0.1, 0.15) is 5.56 Å². The second-order valence-electron chi connectivity index (χ2n) is 5.02. The molecule has 128 valence electrons. The highest BCUT2D eigenvalue weighted by Crippen LogP contribution is 2.16. The van der Waals surface area contributed by atoms with Crippen LogP contribution < -0.4 is 15.8 Å². The zero-order valence-corrected chi connectivity index (χ0v) is 13.4. The van der Waals surface area contributed by atoms with Crippen molar-refractivity contribution in [3.05, 3.63) is 58.8 Å². The molecule has 0 bridgehead atoms. The van der Waals surface area contributed by atoms with E-state index in [-0.39, 0.29) is 30.6 Å². The van der Waals surface area contributed by atoms with Crippen LogP contribution >= 0.6 is 0 Å². The molecule has 2 heterocycles. The Hall–Kier alpha value is -3.49. The van der Waals surface area contributed by atoms with Crippen LogP contribution in [0.2, 0.25) is 0 Å². The average Bonchev–Trinajstić information content (AvgIpc) is 3.01. The first-order chi connectivity index (χ1) is 12.2. The van der Waals surface area contributed by atoms with Crippen molar-refractivity contribution < 1.29 is 14.1 Å². The predicted molar refractivity (Wildman–Crippen MR) is 86.6 cm³/mol. The fourth-order valence-corrected chi connectivity index (χ4v) is 2.23. The fourth-order valence-electron chi connectivity index (χ4n) is 2.23. The topological polar surface area (TPSA) is 112 Å². The fraction of sp³-hybridized carbons (Fsp3) is 0.188. The van der Waals surface area contributed by atoms with E-state index in [1.807, 2.05) is 18.2 Å². The Morgan fingerprint density at radius 3 is 2.76 bits per heavy atom. The van der Waals surface area contributed by atoms with Gasteiger partial charge in [0.2, 0.25) is 11.7 Å². The second kappa shape index (κ2) is 7.39. The Bertz CT molecular complexity index is 920. The first kappa shape index (κ1) is 16.4. The van der Waals surface area contributed by atoms with E-state index in [1.165, 1.54) is 12.4 Å². The van der Waals surface area contributed by atoms with Crippen LogP contribution in [0.4, 0.5) is 0 Å². The number of rotatable bonds is 6. The van der Waals surface area contributed by atoms with Gasteiger partial charge in [-0.15, -0.1) is 0 Å². The molecule has 0 saturated carbocycles. The third kappa shape index (κ3) is 3.71. The van der Waals surface area contributed by atoms with Gasteiger partial charge in [-0.1, -0.05) is 23.4 Å². The molecule has 9 heteroatoms. The highest BCUT2D eigenvalue weighted by molar-refractivity contribution is 5.76. The van der Waals surface area contributed by atoms with E-state index in [9.17, 15) is 9.59 Å². The molecule has 2 aromatic heterocycles. The van der Waals surface area contributed by atoms with Gasteiger partial charge < -0.3 is 10.1 Å². The third-order valence-electron chi connectivity index (χ3n) is 3.42. The van der Waals surface area contributed by atoms with Crippen LogP contribution in [0.3, 0.4) is 0 Å². The lowest BCUT2D eigenvalue weighted by molar-refractivity contribution is -0.121. The Morgan fingerprint density at radius 1 is 1.24 bits per heavy atom. The maximum Gasteiger partial charge on any atom is 0.442 e. The minimum Gasteiger partial charge on any atom is -0.496 e. The molecule has 0 aliphatic rings. The molecule has 3 rings (SSSR count). The van der Waals surface area contributed by atoms with Crippen LogP contribution in [-0.2, 0) is 17.9 Å². The van der Waals surface area contributed by atoms with Crippen LogP contribution in [0, 0.1) is 0 Å². The van der Waals surface area contributed by atoms with Gasteiger partial charge in [0.05, 0.1) is 7.11 Å². The number of amides is 1. The molecule has 9 nitrogen and oxygen atoms in total. The minimum absolute atomic E-state index is 0.0954. The van der Waals surface area contributed by atoms with Crippen LogP contribution in [0.5, 0.6) is 5.75 Å². The van der Waals surface area contributed by atoms with Gasteiger partial charge in [-0.05, 0) is 12.1 Å². The number of nitrogens with one attached hydrogen (secondary N) is 1. The number of hydrogen-bond donors (Lipinski definition) is 1. The number of aromatic nitrogens is 4. The standard InChI is InChI=1S/C16H15N5O4/c1-24-12-6-3-2-5-11(12)9-19-13(22)10-21-15(20-25-16(21)23)14-17-7-4-8-18-14/h2-8H,9-10H2,1H3,(H,19,22). The number of para-hydroxylation sites is 1. The first-order valence-electron chi connectivity index (χ1n) is 7.41. The molecule has 0 saturated heterocycles. The zero-order chi connectivity index (χ0) is 17.6. The molecule has 0 aliphatic carbocycles. The van der Waals surface area contributed by atoms with Crippen molar-refractivity contribution in [3.8, 4) is 17.4 Å². The maximum atomic E-state index is 12.2. The SMILES string of the molecule is COc1ccccc1CNC(=O)Cn1c(-c2ncccn2)noc1=O. The van der Waals surface area contributed by atoms with E-state index in [0.29, 0.717) is 5.75 Å². The summed E-state index contributed by atoms with van der Waals surface area (Å²) in [5.41, 5.74) is 0.822. The largest absolute Gasteiger partial charge is 0.496 e. The quantitative estimate of drug-likeness (QED) is 0.699. The summed E-state index contributed by atoms with van der Waals surface area (Å²) in [7, 11) is 1.56. The van der Waals surface area contributed by atoms with Gasteiger partial charge in [-0.2, -0.15) is 0 Å². The number of benzene rings is 1. The molecule has 0 fully saturated rings. The van der Waals surface area contributed by atoms with Gasteiger partial charge in [0.15, 0.2) is 5.82 Å². The first-order valence-corrected chi connectivity index (χ1v) is 7.41. The highest BCUT2D eigenvalue weighted by atomic mass is 16.5. The van der Waals surface area contributed by atoms with E-state index in [4.69, 9.17) is 4.74 Å². The summed E-state index contributed by atoms with van der Waals surface area (Å²) >= 11 is 0. The van der Waals surface area contributed by atoms with E-state index in [0.717, 1.165) is 10.1 Å². The van der Waals surface area contributed by atoms with E-state index in [1.54, 1.807) is 19.2 Å². The summed E-state index contributed by atoms with van der Waals surface area (Å²) in [6, 6.07) is 8.96. The van der Waals surface area contributed by atoms with Crippen LogP contribution in [0.15, 0.2) is 52.0 Å². The van der Waals surface area contributed by atoms with E-state index >= 15 is 0 Å². The molecule has 0 unspecified atom stereocenters. The number of carbonyl (C=O) groups is 1. The lowest BCUT2D eigenvalue weighted by atomic mass is 10.2. The molecule has 0 atom stereocenters. The highest BCUT2D eigenvalue weighted by Gasteiger charge is 2.17. The Balaban J connectivity index is 1.72. The van der Waals surface area contributed by atoms with Gasteiger partial charge in [-0.3, -0.25) is 9.32 Å². The molecule has 0 radical (unpaired) electrons. The summed E-state index contributed by atoms with van der Waals surface area (Å²) < 4.78 is 10.9. The number of nitrogens with zero attached hydrogens (tertiary/aromatic N) is 4. The van der Waals surface area contributed by atoms with Crippen molar-refractivity contribution in [2.45, 2.75) is 13.1 Å². The van der Waals surface area contributed by atoms with Crippen molar-refractivity contribution in [2.75, 3.05) is 7.11 Å². The normalized spacial score (nSPS) is 10.4. The molecule has 25 heavy (non-hydrogen) atoms. The second-order valence-corrected chi connectivity index (χ2v) is 5.02. The predicted octanol–water partition coefficient (Wildman–Crippen LogP) is 0.618. The number of methoxy groups -OCH3 is 1. The summed E-state index contributed by atoms with van der Waals surface area (Å²) in [5.74, 6) is -0.171. The zero-order valence-electron chi connectivity index (χ0n) is 13.4. The summed E-state index contributed by atoms with van der Waals surface area (Å²) in [4.78, 5) is 32.0. The summed E-state index contributed by atoms with van der Waals surface area (Å²) in [6.07, 6.45) is 3.02.